The van der Waals surface area contributed by atoms with E-state index >= 15 is 0 Å². The fourth-order valence-corrected chi connectivity index (χ4v) is 2.62. The Balaban J connectivity index is 2.80. The first kappa shape index (κ1) is 15.1. The average molecular weight is 289 g/mol. The van der Waals surface area contributed by atoms with Crippen molar-refractivity contribution in [2.75, 3.05) is 23.1 Å². The highest BCUT2D eigenvalue weighted by molar-refractivity contribution is 7.98. The van der Waals surface area contributed by atoms with Crippen molar-refractivity contribution in [1.82, 2.24) is 0 Å². The quantitative estimate of drug-likeness (QED) is 0.689. The zero-order chi connectivity index (χ0) is 13.8. The van der Waals surface area contributed by atoms with E-state index in [0.29, 0.717) is 5.69 Å². The third kappa shape index (κ3) is 4.40. The molecule has 0 saturated carbocycles. The average Bonchev–Trinajstić information content (AvgIpc) is 2.27. The van der Waals surface area contributed by atoms with Gasteiger partial charge in [0.2, 0.25) is 10.0 Å². The number of nitrogens with one attached hydrogen (secondary N) is 1. The van der Waals surface area contributed by atoms with Crippen molar-refractivity contribution >= 4 is 33.2 Å². The molecule has 1 rings (SSSR count). The Labute approximate surface area is 112 Å². The van der Waals surface area contributed by atoms with Gasteiger partial charge in [-0.05, 0) is 43.6 Å². The number of nitrogen functional groups attached to an aromatic ring is 1. The molecule has 1 aromatic rings. The zero-order valence-electron chi connectivity index (χ0n) is 10.5. The van der Waals surface area contributed by atoms with E-state index in [1.165, 1.54) is 12.1 Å². The molecular weight excluding hydrogens is 270 g/mol. The predicted molar refractivity (Wildman–Crippen MR) is 78.3 cm³/mol. The number of hydrogen-bond acceptors (Lipinski definition) is 5. The Kier molecular flexibility index (Phi) is 5.30. The number of nitrogens with two attached hydrogens (primary N) is 2. The van der Waals surface area contributed by atoms with Crippen molar-refractivity contribution in [2.45, 2.75) is 24.3 Å². The number of anilines is 2. The summed E-state index contributed by atoms with van der Waals surface area (Å²) >= 11 is 1.78. The summed E-state index contributed by atoms with van der Waals surface area (Å²) in [5.41, 5.74) is 6.93. The van der Waals surface area contributed by atoms with Crippen LogP contribution in [0.3, 0.4) is 0 Å². The minimum absolute atomic E-state index is 0.0299. The van der Waals surface area contributed by atoms with Crippen LogP contribution in [-0.2, 0) is 10.0 Å². The van der Waals surface area contributed by atoms with Gasteiger partial charge in [0.05, 0.1) is 16.3 Å². The molecule has 0 aliphatic heterocycles. The van der Waals surface area contributed by atoms with Crippen molar-refractivity contribution < 1.29 is 8.42 Å². The van der Waals surface area contributed by atoms with Crippen LogP contribution in [0.2, 0.25) is 0 Å². The summed E-state index contributed by atoms with van der Waals surface area (Å²) in [6, 6.07) is 4.75. The van der Waals surface area contributed by atoms with Crippen LogP contribution in [0.5, 0.6) is 0 Å². The molecule has 0 heterocycles. The van der Waals surface area contributed by atoms with Gasteiger partial charge in [0, 0.05) is 6.04 Å². The van der Waals surface area contributed by atoms with Crippen molar-refractivity contribution in [1.29, 1.82) is 0 Å². The highest BCUT2D eigenvalue weighted by atomic mass is 32.2. The fourth-order valence-electron chi connectivity index (χ4n) is 1.48. The first-order valence-electron chi connectivity index (χ1n) is 5.52. The van der Waals surface area contributed by atoms with Gasteiger partial charge in [-0.1, -0.05) is 0 Å². The van der Waals surface area contributed by atoms with Crippen LogP contribution in [0, 0.1) is 0 Å². The molecule has 5 N–H and O–H groups in total. The number of primary sulfonamides is 1. The van der Waals surface area contributed by atoms with Gasteiger partial charge < -0.3 is 11.1 Å². The molecule has 0 aromatic heterocycles. The molecule has 0 aliphatic rings. The molecule has 0 amide bonds. The molecular formula is C11H19N3O2S2. The molecule has 1 atom stereocenters. The normalized spacial score (nSPS) is 13.3. The van der Waals surface area contributed by atoms with Crippen molar-refractivity contribution in [2.24, 2.45) is 5.14 Å². The van der Waals surface area contributed by atoms with Gasteiger partial charge in [0.1, 0.15) is 0 Å². The molecule has 0 bridgehead atoms. The summed E-state index contributed by atoms with van der Waals surface area (Å²) in [5, 5.41) is 8.29. The third-order valence-corrected chi connectivity index (χ3v) is 4.06. The molecule has 1 unspecified atom stereocenters. The maximum atomic E-state index is 11.2. The second-order valence-corrected chi connectivity index (χ2v) is 6.67. The number of hydrogen-bond donors (Lipinski definition) is 3. The Morgan fingerprint density at radius 2 is 2.11 bits per heavy atom. The Bertz CT molecular complexity index is 503. The fraction of sp³-hybridized carbons (Fsp3) is 0.455. The van der Waals surface area contributed by atoms with Crippen LogP contribution in [0.25, 0.3) is 0 Å². The summed E-state index contributed by atoms with van der Waals surface area (Å²) in [7, 11) is -3.70. The Morgan fingerprint density at radius 3 is 2.61 bits per heavy atom. The maximum absolute atomic E-state index is 11.2. The highest BCUT2D eigenvalue weighted by Crippen LogP contribution is 2.23. The molecule has 0 saturated heterocycles. The minimum Gasteiger partial charge on any atom is -0.397 e. The lowest BCUT2D eigenvalue weighted by molar-refractivity contribution is 0.598. The minimum atomic E-state index is -3.70. The maximum Gasteiger partial charge on any atom is 0.238 e. The van der Waals surface area contributed by atoms with Crippen LogP contribution in [0.1, 0.15) is 13.3 Å². The van der Waals surface area contributed by atoms with Crippen LogP contribution in [-0.4, -0.2) is 26.5 Å². The van der Waals surface area contributed by atoms with Crippen molar-refractivity contribution in [3.63, 3.8) is 0 Å². The standard InChI is InChI=1S/C11H19N3O2S2/c1-8(5-6-17-2)14-11-4-3-9(7-10(11)12)18(13,15)16/h3-4,7-8,14H,5-6,12H2,1-2H3,(H2,13,15,16). The molecule has 5 nitrogen and oxygen atoms in total. The molecule has 1 aromatic carbocycles. The van der Waals surface area contributed by atoms with Crippen molar-refractivity contribution in [3.8, 4) is 0 Å². The summed E-state index contributed by atoms with van der Waals surface area (Å²) < 4.78 is 22.3. The molecule has 7 heteroatoms. The number of thioether (sulfide) groups is 1. The third-order valence-electron chi connectivity index (χ3n) is 2.51. The van der Waals surface area contributed by atoms with Crippen LogP contribution < -0.4 is 16.2 Å². The molecule has 0 radical (unpaired) electrons. The van der Waals surface area contributed by atoms with Gasteiger partial charge in [0.15, 0.2) is 0 Å². The lowest BCUT2D eigenvalue weighted by Crippen LogP contribution is -2.18. The van der Waals surface area contributed by atoms with Gasteiger partial charge in [-0.2, -0.15) is 11.8 Å². The van der Waals surface area contributed by atoms with E-state index in [1.54, 1.807) is 17.8 Å². The van der Waals surface area contributed by atoms with Gasteiger partial charge in [-0.15, -0.1) is 0 Å². The molecule has 102 valence electrons. The van der Waals surface area contributed by atoms with E-state index in [2.05, 4.69) is 18.5 Å². The van der Waals surface area contributed by atoms with E-state index in [-0.39, 0.29) is 10.9 Å². The lowest BCUT2D eigenvalue weighted by atomic mass is 10.2. The number of sulfonamides is 1. The second-order valence-electron chi connectivity index (χ2n) is 4.12. The summed E-state index contributed by atoms with van der Waals surface area (Å²) in [6.07, 6.45) is 3.07. The number of rotatable bonds is 6. The highest BCUT2D eigenvalue weighted by Gasteiger charge is 2.11. The summed E-state index contributed by atoms with van der Waals surface area (Å²) in [5.74, 6) is 1.06. The Hall–Kier alpha value is -0.920. The van der Waals surface area contributed by atoms with E-state index < -0.39 is 10.0 Å². The van der Waals surface area contributed by atoms with E-state index in [1.807, 2.05) is 0 Å². The van der Waals surface area contributed by atoms with E-state index in [9.17, 15) is 8.42 Å². The second kappa shape index (κ2) is 6.31. The van der Waals surface area contributed by atoms with Crippen LogP contribution >= 0.6 is 11.8 Å². The smallest absolute Gasteiger partial charge is 0.238 e. The molecule has 0 fully saturated rings. The monoisotopic (exact) mass is 289 g/mol. The topological polar surface area (TPSA) is 98.2 Å². The summed E-state index contributed by atoms with van der Waals surface area (Å²) in [6.45, 7) is 2.06. The first-order chi connectivity index (χ1) is 8.34. The molecule has 0 aliphatic carbocycles. The first-order valence-corrected chi connectivity index (χ1v) is 8.46. The molecule has 18 heavy (non-hydrogen) atoms. The zero-order valence-corrected chi connectivity index (χ0v) is 12.1. The number of benzene rings is 1. The van der Waals surface area contributed by atoms with Crippen LogP contribution in [0.15, 0.2) is 23.1 Å². The van der Waals surface area contributed by atoms with E-state index in [0.717, 1.165) is 17.9 Å². The molecule has 0 spiro atoms. The van der Waals surface area contributed by atoms with Crippen LogP contribution in [0.4, 0.5) is 11.4 Å². The SMILES string of the molecule is CSCCC(C)Nc1ccc(S(N)(=O)=O)cc1N. The van der Waals surface area contributed by atoms with Gasteiger partial charge >= 0.3 is 0 Å². The Morgan fingerprint density at radius 1 is 1.44 bits per heavy atom. The van der Waals surface area contributed by atoms with Gasteiger partial charge in [-0.25, -0.2) is 13.6 Å². The van der Waals surface area contributed by atoms with Crippen molar-refractivity contribution in [3.05, 3.63) is 18.2 Å². The lowest BCUT2D eigenvalue weighted by Gasteiger charge is -2.16. The van der Waals surface area contributed by atoms with E-state index in [4.69, 9.17) is 10.9 Å². The van der Waals surface area contributed by atoms with Gasteiger partial charge in [0.25, 0.3) is 0 Å². The predicted octanol–water partition coefficient (Wildman–Crippen LogP) is 1.47. The van der Waals surface area contributed by atoms with Gasteiger partial charge in [-0.3, -0.25) is 0 Å². The summed E-state index contributed by atoms with van der Waals surface area (Å²) in [4.78, 5) is 0.0299. The largest absolute Gasteiger partial charge is 0.397 e.